The molecule has 2 N–H and O–H groups in total. The van der Waals surface area contributed by atoms with Gasteiger partial charge in [0.15, 0.2) is 18.2 Å². The first-order valence-electron chi connectivity index (χ1n) is 11.3. The molecule has 2 aliphatic rings. The number of ether oxygens (including phenoxy) is 1. The third kappa shape index (κ3) is 4.95. The number of pyridine rings is 2. The summed E-state index contributed by atoms with van der Waals surface area (Å²) >= 11 is 0. The van der Waals surface area contributed by atoms with Gasteiger partial charge in [0.05, 0.1) is 22.8 Å². The highest BCUT2D eigenvalue weighted by Crippen LogP contribution is 2.25. The summed E-state index contributed by atoms with van der Waals surface area (Å²) in [5.74, 6) is 0.959. The van der Waals surface area contributed by atoms with Crippen LogP contribution in [0.1, 0.15) is 29.7 Å². The molecule has 0 bridgehead atoms. The van der Waals surface area contributed by atoms with Crippen LogP contribution in [0.25, 0.3) is 10.9 Å². The van der Waals surface area contributed by atoms with Gasteiger partial charge < -0.3 is 20.3 Å². The molecular formula is C25H26N6O2. The van der Waals surface area contributed by atoms with E-state index in [0.717, 1.165) is 55.5 Å². The van der Waals surface area contributed by atoms with Crippen LogP contribution >= 0.6 is 0 Å². The molecule has 4 heterocycles. The topological polar surface area (TPSA) is 103 Å². The third-order valence-corrected chi connectivity index (χ3v) is 6.35. The summed E-state index contributed by atoms with van der Waals surface area (Å²) in [5, 5.41) is 16.7. The fourth-order valence-corrected chi connectivity index (χ4v) is 4.48. The van der Waals surface area contributed by atoms with E-state index in [2.05, 4.69) is 37.6 Å². The van der Waals surface area contributed by atoms with E-state index in [4.69, 9.17) is 4.74 Å². The van der Waals surface area contributed by atoms with Crippen LogP contribution in [0.2, 0.25) is 0 Å². The Labute approximate surface area is 192 Å². The molecule has 1 amide bonds. The van der Waals surface area contributed by atoms with Gasteiger partial charge >= 0.3 is 0 Å². The normalized spacial score (nSPS) is 16.6. The van der Waals surface area contributed by atoms with Crippen LogP contribution in [0.4, 0.5) is 5.82 Å². The summed E-state index contributed by atoms with van der Waals surface area (Å²) in [6, 6.07) is 14.2. The van der Waals surface area contributed by atoms with Crippen molar-refractivity contribution in [1.82, 2.24) is 20.2 Å². The van der Waals surface area contributed by atoms with Crippen molar-refractivity contribution in [2.24, 2.45) is 0 Å². The number of carbonyl (C=O) groups excluding carboxylic acids is 1. The number of fused-ring (bicyclic) bond motifs is 2. The summed E-state index contributed by atoms with van der Waals surface area (Å²) in [6.45, 7) is 3.80. The number of hydrogen-bond acceptors (Lipinski definition) is 7. The Kier molecular flexibility index (Phi) is 6.15. The number of nitriles is 1. The maximum absolute atomic E-state index is 11.5. The summed E-state index contributed by atoms with van der Waals surface area (Å²) < 4.78 is 5.37. The summed E-state index contributed by atoms with van der Waals surface area (Å²) in [5.41, 5.74) is 3.75. The van der Waals surface area contributed by atoms with Crippen LogP contribution in [0.3, 0.4) is 0 Å². The molecule has 0 unspecified atom stereocenters. The third-order valence-electron chi connectivity index (χ3n) is 6.35. The maximum atomic E-state index is 11.5. The molecule has 0 spiro atoms. The minimum atomic E-state index is -0.169. The van der Waals surface area contributed by atoms with Crippen molar-refractivity contribution in [3.05, 3.63) is 59.4 Å². The molecule has 1 aromatic carbocycles. The predicted molar refractivity (Wildman–Crippen MR) is 125 cm³/mol. The Morgan fingerprint density at radius 2 is 2.09 bits per heavy atom. The molecule has 3 aromatic rings. The molecule has 2 aliphatic heterocycles. The molecule has 168 valence electrons. The fourth-order valence-electron chi connectivity index (χ4n) is 4.48. The van der Waals surface area contributed by atoms with Gasteiger partial charge in [0.2, 0.25) is 0 Å². The van der Waals surface area contributed by atoms with E-state index in [1.807, 2.05) is 36.5 Å². The van der Waals surface area contributed by atoms with Crippen LogP contribution in [0.15, 0.2) is 42.6 Å². The highest BCUT2D eigenvalue weighted by molar-refractivity contribution is 5.94. The Balaban J connectivity index is 1.11. The van der Waals surface area contributed by atoms with Gasteiger partial charge in [0, 0.05) is 30.7 Å². The Morgan fingerprint density at radius 3 is 2.94 bits per heavy atom. The van der Waals surface area contributed by atoms with Crippen molar-refractivity contribution in [2.45, 2.75) is 31.8 Å². The molecule has 0 aliphatic carbocycles. The standard InChI is InChI=1S/C25H26N6O2/c26-14-17-1-3-22-21(13-17)18(5-9-27-22)6-10-31-11-7-19(8-12-31)28-15-20-2-4-23-25(29-20)30-24(32)16-33-23/h1-5,9,13,19,28H,6-8,10-12,15-16H2,(H,29,30,32). The Hall–Kier alpha value is -3.54. The van der Waals surface area contributed by atoms with E-state index in [0.29, 0.717) is 29.7 Å². The lowest BCUT2D eigenvalue weighted by Crippen LogP contribution is -2.43. The zero-order chi connectivity index (χ0) is 22.6. The van der Waals surface area contributed by atoms with Crippen molar-refractivity contribution in [3.63, 3.8) is 0 Å². The zero-order valence-electron chi connectivity index (χ0n) is 18.4. The predicted octanol–water partition coefficient (Wildman–Crippen LogP) is 2.63. The first-order valence-corrected chi connectivity index (χ1v) is 11.3. The van der Waals surface area contributed by atoms with E-state index in [-0.39, 0.29) is 12.5 Å². The molecule has 2 aromatic heterocycles. The van der Waals surface area contributed by atoms with Gasteiger partial charge in [-0.05, 0) is 74.3 Å². The van der Waals surface area contributed by atoms with Gasteiger partial charge in [-0.25, -0.2) is 4.98 Å². The SMILES string of the molecule is N#Cc1ccc2nccc(CCN3CCC(NCc4ccc5c(n4)NC(=O)CO5)CC3)c2c1. The molecule has 0 radical (unpaired) electrons. The molecule has 1 fully saturated rings. The lowest BCUT2D eigenvalue weighted by Gasteiger charge is -2.32. The first kappa shape index (κ1) is 21.3. The molecular weight excluding hydrogens is 416 g/mol. The fraction of sp³-hybridized carbons (Fsp3) is 0.360. The van der Waals surface area contributed by atoms with Crippen molar-refractivity contribution in [3.8, 4) is 11.8 Å². The Morgan fingerprint density at radius 1 is 1.21 bits per heavy atom. The van der Waals surface area contributed by atoms with Gasteiger partial charge in [-0.1, -0.05) is 0 Å². The highest BCUT2D eigenvalue weighted by atomic mass is 16.5. The number of nitrogens with zero attached hydrogens (tertiary/aromatic N) is 4. The van der Waals surface area contributed by atoms with E-state index in [9.17, 15) is 10.1 Å². The first-order chi connectivity index (χ1) is 16.2. The van der Waals surface area contributed by atoms with Crippen LogP contribution in [-0.2, 0) is 17.8 Å². The largest absolute Gasteiger partial charge is 0.480 e. The molecule has 33 heavy (non-hydrogen) atoms. The monoisotopic (exact) mass is 442 g/mol. The molecule has 0 saturated carbocycles. The number of rotatable bonds is 6. The quantitative estimate of drug-likeness (QED) is 0.605. The molecule has 5 rings (SSSR count). The van der Waals surface area contributed by atoms with Gasteiger partial charge in [0.1, 0.15) is 0 Å². The molecule has 0 atom stereocenters. The smallest absolute Gasteiger partial charge is 0.263 e. The van der Waals surface area contributed by atoms with Crippen molar-refractivity contribution in [1.29, 1.82) is 5.26 Å². The van der Waals surface area contributed by atoms with E-state index < -0.39 is 0 Å². The second-order valence-electron chi connectivity index (χ2n) is 8.55. The van der Waals surface area contributed by atoms with Gasteiger partial charge in [-0.3, -0.25) is 9.78 Å². The number of likely N-dealkylation sites (tertiary alicyclic amines) is 1. The van der Waals surface area contributed by atoms with Crippen LogP contribution in [0, 0.1) is 11.3 Å². The van der Waals surface area contributed by atoms with E-state index in [1.54, 1.807) is 0 Å². The van der Waals surface area contributed by atoms with Crippen molar-refractivity contribution < 1.29 is 9.53 Å². The highest BCUT2D eigenvalue weighted by Gasteiger charge is 2.20. The number of aromatic nitrogens is 2. The zero-order valence-corrected chi connectivity index (χ0v) is 18.4. The molecule has 1 saturated heterocycles. The minimum absolute atomic E-state index is 0.0448. The van der Waals surface area contributed by atoms with E-state index in [1.165, 1.54) is 5.56 Å². The van der Waals surface area contributed by atoms with Crippen LogP contribution in [0.5, 0.6) is 5.75 Å². The number of amides is 1. The van der Waals surface area contributed by atoms with E-state index >= 15 is 0 Å². The summed E-state index contributed by atoms with van der Waals surface area (Å²) in [7, 11) is 0. The number of piperidine rings is 1. The van der Waals surface area contributed by atoms with Crippen LogP contribution < -0.4 is 15.4 Å². The number of nitrogens with one attached hydrogen (secondary N) is 2. The number of benzene rings is 1. The number of hydrogen-bond donors (Lipinski definition) is 2. The number of anilines is 1. The van der Waals surface area contributed by atoms with Gasteiger partial charge in [-0.15, -0.1) is 0 Å². The summed E-state index contributed by atoms with van der Waals surface area (Å²) in [4.78, 5) is 22.9. The average molecular weight is 443 g/mol. The second kappa shape index (κ2) is 9.53. The van der Waals surface area contributed by atoms with Gasteiger partial charge in [-0.2, -0.15) is 5.26 Å². The van der Waals surface area contributed by atoms with Crippen molar-refractivity contribution >= 4 is 22.6 Å². The van der Waals surface area contributed by atoms with Gasteiger partial charge in [0.25, 0.3) is 5.91 Å². The lowest BCUT2D eigenvalue weighted by atomic mass is 10.0. The summed E-state index contributed by atoms with van der Waals surface area (Å²) in [6.07, 6.45) is 4.96. The van der Waals surface area contributed by atoms with Crippen LogP contribution in [-0.4, -0.2) is 53.1 Å². The average Bonchev–Trinajstić information content (AvgIpc) is 2.86. The minimum Gasteiger partial charge on any atom is -0.480 e. The second-order valence-corrected chi connectivity index (χ2v) is 8.55. The lowest BCUT2D eigenvalue weighted by molar-refractivity contribution is -0.118. The number of carbonyl (C=O) groups is 1. The van der Waals surface area contributed by atoms with Crippen molar-refractivity contribution in [2.75, 3.05) is 31.6 Å². The molecule has 8 heteroatoms. The Bertz CT molecular complexity index is 1210. The maximum Gasteiger partial charge on any atom is 0.263 e. The molecule has 8 nitrogen and oxygen atoms in total.